The van der Waals surface area contributed by atoms with Crippen LogP contribution in [0.3, 0.4) is 0 Å². The zero-order valence-electron chi connectivity index (χ0n) is 24.8. The van der Waals surface area contributed by atoms with Gasteiger partial charge in [0.15, 0.2) is 0 Å². The van der Waals surface area contributed by atoms with E-state index in [1.165, 1.54) is 17.8 Å². The Labute approximate surface area is 277 Å². The quantitative estimate of drug-likeness (QED) is 0.0756. The lowest BCUT2D eigenvalue weighted by atomic mass is 10.1. The Balaban J connectivity index is 1.38. The number of nitrogens with one attached hydrogen (secondary N) is 3. The Morgan fingerprint density at radius 2 is 1.53 bits per heavy atom. The number of rotatable bonds is 13. The topological polar surface area (TPSA) is 96.5 Å². The lowest BCUT2D eigenvalue weighted by Crippen LogP contribution is -2.30. The van der Waals surface area contributed by atoms with Gasteiger partial charge in [0.25, 0.3) is 11.8 Å². The van der Waals surface area contributed by atoms with Gasteiger partial charge in [-0.05, 0) is 97.8 Å². The molecule has 0 radical (unpaired) electrons. The molecule has 1 unspecified atom stereocenters. The van der Waals surface area contributed by atoms with Crippen molar-refractivity contribution in [3.8, 4) is 5.75 Å². The highest BCUT2D eigenvalue weighted by Crippen LogP contribution is 2.27. The van der Waals surface area contributed by atoms with Crippen LogP contribution in [0, 0.1) is 0 Å². The molecule has 0 aliphatic carbocycles. The van der Waals surface area contributed by atoms with E-state index in [9.17, 15) is 14.4 Å². The maximum absolute atomic E-state index is 13.3. The molecule has 3 N–H and O–H groups in total. The number of anilines is 2. The molecule has 10 heteroatoms. The molecule has 4 rings (SSSR count). The minimum absolute atomic E-state index is 0.00243. The van der Waals surface area contributed by atoms with Crippen LogP contribution < -0.4 is 20.7 Å². The Hall–Kier alpha value is -4.24. The van der Waals surface area contributed by atoms with E-state index in [2.05, 4.69) is 22.9 Å². The van der Waals surface area contributed by atoms with Gasteiger partial charge < -0.3 is 20.7 Å². The van der Waals surface area contributed by atoms with Crippen LogP contribution in [0.2, 0.25) is 10.0 Å². The Bertz CT molecular complexity index is 1650. The fourth-order valence-electron chi connectivity index (χ4n) is 4.00. The highest BCUT2D eigenvalue weighted by molar-refractivity contribution is 8.00. The molecule has 232 valence electrons. The number of carbonyl (C=O) groups is 3. The fraction of sp³-hybridized carbons (Fsp3) is 0.171. The van der Waals surface area contributed by atoms with Crippen molar-refractivity contribution in [2.75, 3.05) is 17.2 Å². The van der Waals surface area contributed by atoms with Gasteiger partial charge in [0.05, 0.1) is 11.9 Å². The zero-order valence-corrected chi connectivity index (χ0v) is 27.1. The second-order valence-electron chi connectivity index (χ2n) is 10.00. The summed E-state index contributed by atoms with van der Waals surface area (Å²) in [6.45, 7) is 4.60. The van der Waals surface area contributed by atoms with Crippen molar-refractivity contribution in [1.29, 1.82) is 0 Å². The minimum atomic E-state index is -0.541. The number of hydrogen-bond donors (Lipinski definition) is 3. The molecule has 0 aromatic heterocycles. The van der Waals surface area contributed by atoms with Crippen LogP contribution in [0.4, 0.5) is 11.4 Å². The molecule has 0 saturated heterocycles. The van der Waals surface area contributed by atoms with E-state index in [0.29, 0.717) is 39.2 Å². The van der Waals surface area contributed by atoms with Crippen molar-refractivity contribution in [2.24, 2.45) is 0 Å². The number of amides is 3. The van der Waals surface area contributed by atoms with Crippen molar-refractivity contribution in [1.82, 2.24) is 5.32 Å². The first-order chi connectivity index (χ1) is 21.7. The van der Waals surface area contributed by atoms with Crippen molar-refractivity contribution in [3.05, 3.63) is 124 Å². The summed E-state index contributed by atoms with van der Waals surface area (Å²) in [5.41, 5.74) is 2.10. The summed E-state index contributed by atoms with van der Waals surface area (Å²) < 4.78 is 5.68. The first kappa shape index (κ1) is 33.6. The molecule has 7 nitrogen and oxygen atoms in total. The number of ether oxygens (including phenoxy) is 1. The van der Waals surface area contributed by atoms with Crippen LogP contribution in [-0.4, -0.2) is 29.6 Å². The van der Waals surface area contributed by atoms with E-state index in [1.54, 1.807) is 60.7 Å². The molecule has 0 aliphatic heterocycles. The molecule has 0 saturated carbocycles. The largest absolute Gasteiger partial charge is 0.494 e. The normalized spacial score (nSPS) is 11.8. The van der Waals surface area contributed by atoms with E-state index in [1.807, 2.05) is 43.3 Å². The molecule has 0 heterocycles. The number of hydrogen-bond acceptors (Lipinski definition) is 5. The summed E-state index contributed by atoms with van der Waals surface area (Å²) in [5.74, 6) is -0.356. The van der Waals surface area contributed by atoms with E-state index in [0.717, 1.165) is 23.5 Å². The van der Waals surface area contributed by atoms with Crippen LogP contribution in [-0.2, 0) is 9.59 Å². The van der Waals surface area contributed by atoms with Crippen molar-refractivity contribution in [3.63, 3.8) is 0 Å². The molecule has 1 atom stereocenters. The third-order valence-corrected chi connectivity index (χ3v) is 8.15. The molecule has 4 aromatic rings. The average molecular weight is 663 g/mol. The zero-order chi connectivity index (χ0) is 32.2. The van der Waals surface area contributed by atoms with Crippen molar-refractivity contribution < 1.29 is 19.1 Å². The Morgan fingerprint density at radius 3 is 2.20 bits per heavy atom. The molecular formula is C35H33Cl2N3O4S. The standard InChI is InChI=1S/C35H33Cl2N3O4S/c1-3-4-20-44-29-16-12-27(13-17-29)38-33(41)23(2)45-30-18-14-28(15-19-30)39-35(43)32(21-25-10-11-26(36)22-31(25)37)40-34(42)24-8-6-5-7-9-24/h5-19,21-23H,3-4,20H2,1-2H3,(H,38,41)(H,39,43)(H,40,42)/b32-21-. The smallest absolute Gasteiger partial charge is 0.272 e. The predicted molar refractivity (Wildman–Crippen MR) is 184 cm³/mol. The number of carbonyl (C=O) groups excluding carboxylic acids is 3. The molecular weight excluding hydrogens is 629 g/mol. The first-order valence-corrected chi connectivity index (χ1v) is 16.0. The van der Waals surface area contributed by atoms with E-state index in [-0.39, 0.29) is 16.9 Å². The third kappa shape index (κ3) is 10.4. The second-order valence-corrected chi connectivity index (χ2v) is 12.3. The Kier molecular flexibility index (Phi) is 12.5. The van der Waals surface area contributed by atoms with Gasteiger partial charge in [-0.25, -0.2) is 0 Å². The summed E-state index contributed by atoms with van der Waals surface area (Å²) in [4.78, 5) is 39.9. The SMILES string of the molecule is CCCCOc1ccc(NC(=O)C(C)Sc2ccc(NC(=O)/C(=C/c3ccc(Cl)cc3Cl)NC(=O)c3ccccc3)cc2)cc1. The van der Waals surface area contributed by atoms with Gasteiger partial charge >= 0.3 is 0 Å². The summed E-state index contributed by atoms with van der Waals surface area (Å²) in [6, 6.07) is 27.8. The number of thioether (sulfide) groups is 1. The molecule has 3 amide bonds. The lowest BCUT2D eigenvalue weighted by molar-refractivity contribution is -0.115. The summed E-state index contributed by atoms with van der Waals surface area (Å²) in [5, 5.41) is 8.84. The molecule has 0 bridgehead atoms. The number of halogens is 2. The number of unbranched alkanes of at least 4 members (excludes halogenated alkanes) is 1. The van der Waals surface area contributed by atoms with Gasteiger partial charge in [-0.2, -0.15) is 0 Å². The lowest BCUT2D eigenvalue weighted by Gasteiger charge is -2.14. The van der Waals surface area contributed by atoms with Crippen LogP contribution in [0.1, 0.15) is 42.6 Å². The van der Waals surface area contributed by atoms with Gasteiger partial charge in [-0.15, -0.1) is 11.8 Å². The highest BCUT2D eigenvalue weighted by atomic mass is 35.5. The average Bonchev–Trinajstić information content (AvgIpc) is 3.04. The maximum Gasteiger partial charge on any atom is 0.272 e. The predicted octanol–water partition coefficient (Wildman–Crippen LogP) is 8.70. The van der Waals surface area contributed by atoms with Crippen LogP contribution >= 0.6 is 35.0 Å². The van der Waals surface area contributed by atoms with Crippen LogP contribution in [0.5, 0.6) is 5.75 Å². The van der Waals surface area contributed by atoms with Crippen molar-refractivity contribution in [2.45, 2.75) is 36.8 Å². The summed E-state index contributed by atoms with van der Waals surface area (Å²) in [6.07, 6.45) is 3.55. The molecule has 45 heavy (non-hydrogen) atoms. The minimum Gasteiger partial charge on any atom is -0.494 e. The van der Waals surface area contributed by atoms with Gasteiger partial charge in [-0.1, -0.05) is 60.8 Å². The molecule has 0 fully saturated rings. The maximum atomic E-state index is 13.3. The fourth-order valence-corrected chi connectivity index (χ4v) is 5.33. The summed E-state index contributed by atoms with van der Waals surface area (Å²) >= 11 is 13.8. The Morgan fingerprint density at radius 1 is 0.867 bits per heavy atom. The molecule has 0 aliphatic rings. The molecule has 0 spiro atoms. The van der Waals surface area contributed by atoms with Gasteiger partial charge in [0.1, 0.15) is 11.4 Å². The molecule has 4 aromatic carbocycles. The monoisotopic (exact) mass is 661 g/mol. The highest BCUT2D eigenvalue weighted by Gasteiger charge is 2.17. The third-order valence-electron chi connectivity index (χ3n) is 6.47. The van der Waals surface area contributed by atoms with Crippen molar-refractivity contribution >= 4 is 70.1 Å². The van der Waals surface area contributed by atoms with Crippen LogP contribution in [0.25, 0.3) is 6.08 Å². The van der Waals surface area contributed by atoms with Gasteiger partial charge in [-0.3, -0.25) is 14.4 Å². The van der Waals surface area contributed by atoms with Gasteiger partial charge in [0, 0.05) is 31.9 Å². The van der Waals surface area contributed by atoms with Gasteiger partial charge in [0.2, 0.25) is 5.91 Å². The van der Waals surface area contributed by atoms with E-state index in [4.69, 9.17) is 27.9 Å². The summed E-state index contributed by atoms with van der Waals surface area (Å²) in [7, 11) is 0. The van der Waals surface area contributed by atoms with E-state index < -0.39 is 11.8 Å². The number of benzene rings is 4. The van der Waals surface area contributed by atoms with E-state index >= 15 is 0 Å². The second kappa shape index (κ2) is 16.7. The van der Waals surface area contributed by atoms with Crippen LogP contribution in [0.15, 0.2) is 108 Å². The first-order valence-electron chi connectivity index (χ1n) is 14.4.